The summed E-state index contributed by atoms with van der Waals surface area (Å²) in [5.74, 6) is -0.626. The number of halogens is 3. The standard InChI is InChI=1S/C23H15FN2.C17H11ClN2.C6H6BFO2/c24-20-6-3-16(4-7-20)23-21-14-18(2-1-15(21)9-12-26-23)17-5-8-22-19(13-17)10-11-25-22;18-17-15-10-13(2-1-11(15)5-8-20-17)12-3-4-16-14(9-12)6-7-19-16;8-6-3-1-5(2-4-6)7(9)10/h1-14,25H;1-10,19H;1-4,9-10H. The van der Waals surface area contributed by atoms with E-state index >= 15 is 0 Å². The van der Waals surface area contributed by atoms with Gasteiger partial charge in [0, 0.05) is 52.2 Å². The lowest BCUT2D eigenvalue weighted by Crippen LogP contribution is -2.29. The minimum atomic E-state index is -1.51. The van der Waals surface area contributed by atoms with Gasteiger partial charge in [-0.25, -0.2) is 13.8 Å². The maximum atomic E-state index is 13.3. The quantitative estimate of drug-likeness (QED) is 0.106. The normalized spacial score (nSPS) is 10.9. The molecule has 10 aromatic rings. The molecule has 0 amide bonds. The molecule has 272 valence electrons. The summed E-state index contributed by atoms with van der Waals surface area (Å²) in [7, 11) is -1.51. The molecule has 0 atom stereocenters. The van der Waals surface area contributed by atoms with Crippen LogP contribution in [0.3, 0.4) is 0 Å². The van der Waals surface area contributed by atoms with Crippen molar-refractivity contribution in [3.63, 3.8) is 0 Å². The summed E-state index contributed by atoms with van der Waals surface area (Å²) < 4.78 is 25.5. The molecule has 0 unspecified atom stereocenters. The predicted molar refractivity (Wildman–Crippen MR) is 225 cm³/mol. The molecule has 0 aliphatic carbocycles. The Labute approximate surface area is 325 Å². The van der Waals surface area contributed by atoms with E-state index in [4.69, 9.17) is 21.6 Å². The number of pyridine rings is 2. The fraction of sp³-hybridized carbons (Fsp3) is 0. The van der Waals surface area contributed by atoms with Crippen LogP contribution in [0, 0.1) is 11.6 Å². The second kappa shape index (κ2) is 16.0. The third-order valence-electron chi connectivity index (χ3n) is 9.54. The Morgan fingerprint density at radius 1 is 0.464 bits per heavy atom. The zero-order valence-electron chi connectivity index (χ0n) is 29.7. The SMILES string of the molecule is Clc1nccc2ccc(-c3ccc4[nH]ccc4c3)cc12.Fc1ccc(-c2nccc3ccc(-c4ccc5[nH]ccc5c4)cc23)cc1.OB(O)c1ccc(F)cc1. The van der Waals surface area contributed by atoms with E-state index in [0.29, 0.717) is 10.6 Å². The second-order valence-electron chi connectivity index (χ2n) is 13.1. The molecular formula is C46H32BClF2N4O2. The molecule has 6 aromatic carbocycles. The molecule has 0 fully saturated rings. The molecule has 0 spiro atoms. The molecule has 0 aliphatic rings. The number of nitrogens with zero attached hydrogens (tertiary/aromatic N) is 2. The maximum absolute atomic E-state index is 13.3. The van der Waals surface area contributed by atoms with Crippen LogP contribution in [0.1, 0.15) is 0 Å². The first-order valence-corrected chi connectivity index (χ1v) is 18.1. The molecular weight excluding hydrogens is 725 g/mol. The summed E-state index contributed by atoms with van der Waals surface area (Å²) in [4.78, 5) is 15.1. The molecule has 0 aliphatic heterocycles. The average molecular weight is 757 g/mol. The van der Waals surface area contributed by atoms with E-state index in [1.807, 2.05) is 24.5 Å². The third-order valence-corrected chi connectivity index (χ3v) is 9.84. The van der Waals surface area contributed by atoms with Gasteiger partial charge in [0.25, 0.3) is 0 Å². The Kier molecular flexibility index (Phi) is 10.4. The van der Waals surface area contributed by atoms with Gasteiger partial charge in [-0.15, -0.1) is 0 Å². The van der Waals surface area contributed by atoms with Gasteiger partial charge >= 0.3 is 7.12 Å². The number of benzene rings is 6. The first-order valence-electron chi connectivity index (χ1n) is 17.7. The largest absolute Gasteiger partial charge is 0.488 e. The molecule has 4 N–H and O–H groups in total. The van der Waals surface area contributed by atoms with Gasteiger partial charge in [-0.2, -0.15) is 0 Å². The molecule has 0 radical (unpaired) electrons. The van der Waals surface area contributed by atoms with E-state index in [-0.39, 0.29) is 11.6 Å². The minimum absolute atomic E-state index is 0.241. The first-order chi connectivity index (χ1) is 27.3. The van der Waals surface area contributed by atoms with Gasteiger partial charge in [0.2, 0.25) is 0 Å². The van der Waals surface area contributed by atoms with Crippen LogP contribution in [-0.4, -0.2) is 37.1 Å². The lowest BCUT2D eigenvalue weighted by atomic mass is 9.80. The summed E-state index contributed by atoms with van der Waals surface area (Å²) in [6.45, 7) is 0. The van der Waals surface area contributed by atoms with Crippen molar-refractivity contribution in [3.05, 3.63) is 187 Å². The molecule has 4 aromatic heterocycles. The number of aromatic nitrogens is 4. The van der Waals surface area contributed by atoms with Crippen LogP contribution in [0.5, 0.6) is 0 Å². The highest BCUT2D eigenvalue weighted by Gasteiger charge is 2.10. The third kappa shape index (κ3) is 7.92. The van der Waals surface area contributed by atoms with Crippen molar-refractivity contribution < 1.29 is 18.8 Å². The fourth-order valence-corrected chi connectivity index (χ4v) is 6.82. The molecule has 0 saturated carbocycles. The Bertz CT molecular complexity index is 2950. The highest BCUT2D eigenvalue weighted by atomic mass is 35.5. The van der Waals surface area contributed by atoms with E-state index < -0.39 is 7.12 Å². The van der Waals surface area contributed by atoms with Crippen molar-refractivity contribution in [2.75, 3.05) is 0 Å². The summed E-state index contributed by atoms with van der Waals surface area (Å²) in [5.41, 5.74) is 8.97. The molecule has 10 heteroatoms. The summed E-state index contributed by atoms with van der Waals surface area (Å²) in [5, 5.41) is 24.3. The van der Waals surface area contributed by atoms with Crippen LogP contribution in [0.15, 0.2) is 170 Å². The van der Waals surface area contributed by atoms with E-state index in [2.05, 4.69) is 105 Å². The zero-order chi connectivity index (χ0) is 38.6. The van der Waals surface area contributed by atoms with E-state index in [1.54, 1.807) is 24.5 Å². The summed E-state index contributed by atoms with van der Waals surface area (Å²) in [6.07, 6.45) is 7.43. The summed E-state index contributed by atoms with van der Waals surface area (Å²) >= 11 is 6.18. The molecule has 10 rings (SSSR count). The van der Waals surface area contributed by atoms with Crippen molar-refractivity contribution in [2.45, 2.75) is 0 Å². The second-order valence-corrected chi connectivity index (χ2v) is 13.5. The van der Waals surface area contributed by atoms with Crippen LogP contribution < -0.4 is 5.46 Å². The van der Waals surface area contributed by atoms with Crippen LogP contribution in [0.25, 0.3) is 76.9 Å². The predicted octanol–water partition coefficient (Wildman–Crippen LogP) is 10.7. The number of rotatable bonds is 4. The van der Waals surface area contributed by atoms with Gasteiger partial charge in [-0.05, 0) is 146 Å². The van der Waals surface area contributed by atoms with Crippen LogP contribution >= 0.6 is 11.6 Å². The molecule has 0 bridgehead atoms. The number of H-pyrrole nitrogens is 2. The molecule has 0 saturated heterocycles. The number of hydrogen-bond acceptors (Lipinski definition) is 4. The van der Waals surface area contributed by atoms with E-state index in [1.165, 1.54) is 52.7 Å². The van der Waals surface area contributed by atoms with Crippen molar-refractivity contribution in [1.82, 2.24) is 19.9 Å². The Balaban J connectivity index is 0.000000130. The summed E-state index contributed by atoms with van der Waals surface area (Å²) in [6, 6.07) is 45.1. The van der Waals surface area contributed by atoms with Gasteiger partial charge in [0.15, 0.2) is 0 Å². The Morgan fingerprint density at radius 3 is 1.50 bits per heavy atom. The number of nitrogens with one attached hydrogen (secondary N) is 2. The zero-order valence-corrected chi connectivity index (χ0v) is 30.4. The Hall–Kier alpha value is -6.65. The minimum Gasteiger partial charge on any atom is -0.423 e. The lowest BCUT2D eigenvalue weighted by molar-refractivity contribution is 0.425. The van der Waals surface area contributed by atoms with Crippen LogP contribution in [0.2, 0.25) is 5.15 Å². The van der Waals surface area contributed by atoms with E-state index in [9.17, 15) is 8.78 Å². The average Bonchev–Trinajstić information content (AvgIpc) is 3.91. The van der Waals surface area contributed by atoms with Gasteiger partial charge in [0.05, 0.1) is 5.69 Å². The van der Waals surface area contributed by atoms with Crippen molar-refractivity contribution in [3.8, 4) is 33.5 Å². The number of fused-ring (bicyclic) bond motifs is 4. The molecule has 4 heterocycles. The van der Waals surface area contributed by atoms with Crippen molar-refractivity contribution in [2.24, 2.45) is 0 Å². The number of aromatic amines is 2. The van der Waals surface area contributed by atoms with Gasteiger partial charge in [-0.1, -0.05) is 60.1 Å². The highest BCUT2D eigenvalue weighted by Crippen LogP contribution is 2.33. The first kappa shape index (κ1) is 36.3. The van der Waals surface area contributed by atoms with Gasteiger partial charge < -0.3 is 20.0 Å². The smallest absolute Gasteiger partial charge is 0.423 e. The Morgan fingerprint density at radius 2 is 0.929 bits per heavy atom. The molecule has 6 nitrogen and oxygen atoms in total. The van der Waals surface area contributed by atoms with Gasteiger partial charge in [0.1, 0.15) is 16.8 Å². The van der Waals surface area contributed by atoms with Crippen molar-refractivity contribution >= 4 is 67.5 Å². The monoisotopic (exact) mass is 756 g/mol. The topological polar surface area (TPSA) is 97.8 Å². The molecule has 56 heavy (non-hydrogen) atoms. The highest BCUT2D eigenvalue weighted by molar-refractivity contribution is 6.58. The van der Waals surface area contributed by atoms with E-state index in [0.717, 1.165) is 60.5 Å². The van der Waals surface area contributed by atoms with Gasteiger partial charge in [-0.3, -0.25) is 4.98 Å². The fourth-order valence-electron chi connectivity index (χ4n) is 6.60. The lowest BCUT2D eigenvalue weighted by Gasteiger charge is -2.09. The number of hydrogen-bond donors (Lipinski definition) is 4. The maximum Gasteiger partial charge on any atom is 0.488 e. The van der Waals surface area contributed by atoms with Crippen LogP contribution in [-0.2, 0) is 0 Å². The van der Waals surface area contributed by atoms with Crippen LogP contribution in [0.4, 0.5) is 8.78 Å². The van der Waals surface area contributed by atoms with Crippen molar-refractivity contribution in [1.29, 1.82) is 0 Å².